The molecule has 0 aliphatic heterocycles. The minimum absolute atomic E-state index is 0.547. The van der Waals surface area contributed by atoms with Crippen molar-refractivity contribution in [3.8, 4) is 0 Å². The Bertz CT molecular complexity index is 201. The van der Waals surface area contributed by atoms with E-state index in [0.717, 1.165) is 24.3 Å². The SMILES string of the molecule is C=CCSCCNC1CC(C)(C)CC1C. The fourth-order valence-electron chi connectivity index (χ4n) is 2.65. The van der Waals surface area contributed by atoms with Crippen LogP contribution in [0.5, 0.6) is 0 Å². The normalized spacial score (nSPS) is 29.3. The second-order valence-corrected chi connectivity index (χ2v) is 6.62. The van der Waals surface area contributed by atoms with Crippen LogP contribution < -0.4 is 5.32 Å². The summed E-state index contributed by atoms with van der Waals surface area (Å²) in [5.41, 5.74) is 0.547. The molecule has 1 fully saturated rings. The van der Waals surface area contributed by atoms with Crippen molar-refractivity contribution in [2.75, 3.05) is 18.1 Å². The molecule has 0 spiro atoms. The molecule has 0 bridgehead atoms. The van der Waals surface area contributed by atoms with Crippen LogP contribution in [0.1, 0.15) is 33.6 Å². The molecule has 0 radical (unpaired) electrons. The summed E-state index contributed by atoms with van der Waals surface area (Å²) in [6.45, 7) is 12.0. The maximum atomic E-state index is 3.73. The van der Waals surface area contributed by atoms with Crippen molar-refractivity contribution in [1.29, 1.82) is 0 Å². The number of rotatable bonds is 6. The average Bonchev–Trinajstić information content (AvgIpc) is 2.39. The maximum Gasteiger partial charge on any atom is 0.0111 e. The molecule has 1 saturated carbocycles. The van der Waals surface area contributed by atoms with Crippen LogP contribution in [0.3, 0.4) is 0 Å². The highest BCUT2D eigenvalue weighted by Crippen LogP contribution is 2.40. The zero-order valence-corrected chi connectivity index (χ0v) is 11.2. The third kappa shape index (κ3) is 4.60. The lowest BCUT2D eigenvalue weighted by Gasteiger charge is -2.18. The van der Waals surface area contributed by atoms with Gasteiger partial charge in [0, 0.05) is 24.1 Å². The van der Waals surface area contributed by atoms with Crippen LogP contribution in [0.15, 0.2) is 12.7 Å². The number of hydrogen-bond donors (Lipinski definition) is 1. The van der Waals surface area contributed by atoms with E-state index >= 15 is 0 Å². The van der Waals surface area contributed by atoms with E-state index < -0.39 is 0 Å². The van der Waals surface area contributed by atoms with Gasteiger partial charge in [0.05, 0.1) is 0 Å². The molecule has 2 atom stereocenters. The molecule has 2 unspecified atom stereocenters. The van der Waals surface area contributed by atoms with Gasteiger partial charge in [-0.15, -0.1) is 6.58 Å². The molecule has 1 nitrogen and oxygen atoms in total. The lowest BCUT2D eigenvalue weighted by atomic mass is 9.91. The first-order chi connectivity index (χ1) is 7.05. The summed E-state index contributed by atoms with van der Waals surface area (Å²) >= 11 is 1.96. The Morgan fingerprint density at radius 2 is 2.20 bits per heavy atom. The molecule has 0 saturated heterocycles. The van der Waals surface area contributed by atoms with Gasteiger partial charge in [-0.2, -0.15) is 11.8 Å². The van der Waals surface area contributed by atoms with Gasteiger partial charge < -0.3 is 5.32 Å². The average molecular weight is 227 g/mol. The van der Waals surface area contributed by atoms with Crippen molar-refractivity contribution < 1.29 is 0 Å². The van der Waals surface area contributed by atoms with Crippen molar-refractivity contribution in [2.45, 2.75) is 39.7 Å². The van der Waals surface area contributed by atoms with Gasteiger partial charge in [0.1, 0.15) is 0 Å². The smallest absolute Gasteiger partial charge is 0.0111 e. The Morgan fingerprint density at radius 3 is 2.73 bits per heavy atom. The van der Waals surface area contributed by atoms with E-state index in [9.17, 15) is 0 Å². The third-order valence-electron chi connectivity index (χ3n) is 3.22. The monoisotopic (exact) mass is 227 g/mol. The molecule has 88 valence electrons. The molecule has 1 aliphatic carbocycles. The molecule has 0 amide bonds. The molecule has 1 N–H and O–H groups in total. The summed E-state index contributed by atoms with van der Waals surface area (Å²) in [4.78, 5) is 0. The predicted molar refractivity (Wildman–Crippen MR) is 71.5 cm³/mol. The van der Waals surface area contributed by atoms with Crippen LogP contribution >= 0.6 is 11.8 Å². The first kappa shape index (κ1) is 13.1. The standard InChI is InChI=1S/C13H25NS/c1-5-7-15-8-6-14-12-10-13(3,4)9-11(12)2/h5,11-12,14H,1,6-10H2,2-4H3. The fraction of sp³-hybridized carbons (Fsp3) is 0.846. The topological polar surface area (TPSA) is 12.0 Å². The third-order valence-corrected chi connectivity index (χ3v) is 4.19. The lowest BCUT2D eigenvalue weighted by Crippen LogP contribution is -2.33. The first-order valence-electron chi connectivity index (χ1n) is 5.97. The highest BCUT2D eigenvalue weighted by molar-refractivity contribution is 7.99. The Hall–Kier alpha value is 0.0500. The summed E-state index contributed by atoms with van der Waals surface area (Å²) in [6.07, 6.45) is 4.68. The zero-order chi connectivity index (χ0) is 11.3. The summed E-state index contributed by atoms with van der Waals surface area (Å²) in [7, 11) is 0. The van der Waals surface area contributed by atoms with E-state index in [1.54, 1.807) is 0 Å². The van der Waals surface area contributed by atoms with E-state index in [1.165, 1.54) is 18.6 Å². The molecule has 0 aromatic heterocycles. The Labute approximate surface area is 99.1 Å². The van der Waals surface area contributed by atoms with E-state index in [4.69, 9.17) is 0 Å². The van der Waals surface area contributed by atoms with Crippen molar-refractivity contribution in [3.63, 3.8) is 0 Å². The fourth-order valence-corrected chi connectivity index (χ4v) is 3.25. The first-order valence-corrected chi connectivity index (χ1v) is 7.13. The van der Waals surface area contributed by atoms with Crippen molar-refractivity contribution >= 4 is 11.8 Å². The number of nitrogens with one attached hydrogen (secondary N) is 1. The summed E-state index contributed by atoms with van der Waals surface area (Å²) < 4.78 is 0. The highest BCUT2D eigenvalue weighted by Gasteiger charge is 2.35. The highest BCUT2D eigenvalue weighted by atomic mass is 32.2. The second kappa shape index (κ2) is 5.95. The van der Waals surface area contributed by atoms with Crippen LogP contribution in [0.2, 0.25) is 0 Å². The van der Waals surface area contributed by atoms with Gasteiger partial charge in [-0.3, -0.25) is 0 Å². The van der Waals surface area contributed by atoms with Gasteiger partial charge in [0.25, 0.3) is 0 Å². The van der Waals surface area contributed by atoms with E-state index in [2.05, 4.69) is 32.7 Å². The molecule has 0 heterocycles. The van der Waals surface area contributed by atoms with Crippen molar-refractivity contribution in [3.05, 3.63) is 12.7 Å². The Morgan fingerprint density at radius 1 is 1.47 bits per heavy atom. The minimum Gasteiger partial charge on any atom is -0.313 e. The Kier molecular flexibility index (Phi) is 5.20. The molecule has 15 heavy (non-hydrogen) atoms. The Balaban J connectivity index is 2.14. The molecule has 0 aromatic rings. The number of hydrogen-bond acceptors (Lipinski definition) is 2. The van der Waals surface area contributed by atoms with Crippen LogP contribution in [0.4, 0.5) is 0 Å². The van der Waals surface area contributed by atoms with E-state index in [1.807, 2.05) is 17.8 Å². The molecule has 2 heteroatoms. The molecular weight excluding hydrogens is 202 g/mol. The summed E-state index contributed by atoms with van der Waals surface area (Å²) in [5, 5.41) is 3.69. The molecular formula is C13H25NS. The van der Waals surface area contributed by atoms with Crippen molar-refractivity contribution in [2.24, 2.45) is 11.3 Å². The lowest BCUT2D eigenvalue weighted by molar-refractivity contribution is 0.363. The summed E-state index contributed by atoms with van der Waals surface area (Å²) in [5.74, 6) is 3.12. The minimum atomic E-state index is 0.547. The zero-order valence-electron chi connectivity index (χ0n) is 10.4. The molecule has 0 aromatic carbocycles. The van der Waals surface area contributed by atoms with Gasteiger partial charge in [-0.25, -0.2) is 0 Å². The van der Waals surface area contributed by atoms with Gasteiger partial charge in [0.2, 0.25) is 0 Å². The van der Waals surface area contributed by atoms with Crippen LogP contribution in [-0.4, -0.2) is 24.1 Å². The van der Waals surface area contributed by atoms with E-state index in [-0.39, 0.29) is 0 Å². The van der Waals surface area contributed by atoms with Crippen LogP contribution in [0.25, 0.3) is 0 Å². The second-order valence-electron chi connectivity index (χ2n) is 5.47. The maximum absolute atomic E-state index is 3.73. The number of thioether (sulfide) groups is 1. The quantitative estimate of drug-likeness (QED) is 0.552. The van der Waals surface area contributed by atoms with E-state index in [0.29, 0.717) is 5.41 Å². The molecule has 1 aliphatic rings. The van der Waals surface area contributed by atoms with Crippen LogP contribution in [-0.2, 0) is 0 Å². The van der Waals surface area contributed by atoms with Crippen LogP contribution in [0, 0.1) is 11.3 Å². The van der Waals surface area contributed by atoms with Gasteiger partial charge in [-0.05, 0) is 24.2 Å². The van der Waals surface area contributed by atoms with Crippen molar-refractivity contribution in [1.82, 2.24) is 5.32 Å². The predicted octanol–water partition coefficient (Wildman–Crippen LogP) is 3.32. The molecule has 1 rings (SSSR count). The largest absolute Gasteiger partial charge is 0.313 e. The summed E-state index contributed by atoms with van der Waals surface area (Å²) in [6, 6.07) is 0.740. The van der Waals surface area contributed by atoms with Gasteiger partial charge in [-0.1, -0.05) is 26.8 Å². The van der Waals surface area contributed by atoms with Gasteiger partial charge >= 0.3 is 0 Å². The van der Waals surface area contributed by atoms with Gasteiger partial charge in [0.15, 0.2) is 0 Å².